The van der Waals surface area contributed by atoms with E-state index in [-0.39, 0.29) is 23.6 Å². The molecule has 36 heavy (non-hydrogen) atoms. The van der Waals surface area contributed by atoms with E-state index in [1.54, 1.807) is 12.1 Å². The first kappa shape index (κ1) is 23.0. The second kappa shape index (κ2) is 8.93. The Hall–Kier alpha value is -3.38. The smallest absolute Gasteiger partial charge is 0.223 e. The number of amides is 1. The normalized spacial score (nSPS) is 24.6. The Morgan fingerprint density at radius 3 is 2.67 bits per heavy atom. The van der Waals surface area contributed by atoms with E-state index in [9.17, 15) is 14.3 Å². The van der Waals surface area contributed by atoms with Gasteiger partial charge in [-0.15, -0.1) is 0 Å². The molecule has 1 saturated carbocycles. The third kappa shape index (κ3) is 4.13. The fourth-order valence-electron chi connectivity index (χ4n) is 6.01. The Morgan fingerprint density at radius 2 is 1.92 bits per heavy atom. The third-order valence-corrected chi connectivity index (χ3v) is 8.16. The second-order valence-corrected chi connectivity index (χ2v) is 10.5. The van der Waals surface area contributed by atoms with Crippen molar-refractivity contribution in [2.75, 3.05) is 5.01 Å². The third-order valence-electron chi connectivity index (χ3n) is 8.16. The minimum absolute atomic E-state index is 0.0820. The highest BCUT2D eigenvalue weighted by Gasteiger charge is 2.45. The maximum absolute atomic E-state index is 13.4. The van der Waals surface area contributed by atoms with Gasteiger partial charge in [0.15, 0.2) is 0 Å². The standard InChI is InChI=1S/C30H32FN3O2/c1-19-26-18-33-34(25-10-8-24(31)9-11-25)27(26)16-22-13-15-30(36,28(19)22)14-12-20-4-2-3-5-23(20)17-32-29(35)21-6-7-21/h2-5,8-11,16,18-19,21,33,36H,6-7,12-15,17H2,1H3,(H,32,35)/t19-,30-/m0/s1. The number of carbonyl (C=O) groups is 1. The second-order valence-electron chi connectivity index (χ2n) is 10.5. The van der Waals surface area contributed by atoms with E-state index in [1.807, 2.05) is 23.3 Å². The van der Waals surface area contributed by atoms with Crippen LogP contribution in [0.15, 0.2) is 83.2 Å². The van der Waals surface area contributed by atoms with E-state index in [2.05, 4.69) is 35.9 Å². The lowest BCUT2D eigenvalue weighted by Gasteiger charge is -2.34. The Bertz CT molecular complexity index is 1290. The quantitative estimate of drug-likeness (QED) is 0.514. The van der Waals surface area contributed by atoms with Crippen LogP contribution in [0.1, 0.15) is 50.2 Å². The van der Waals surface area contributed by atoms with Crippen molar-refractivity contribution in [3.8, 4) is 0 Å². The van der Waals surface area contributed by atoms with Gasteiger partial charge in [-0.1, -0.05) is 31.2 Å². The molecule has 0 bridgehead atoms. The van der Waals surface area contributed by atoms with Crippen molar-refractivity contribution < 1.29 is 14.3 Å². The van der Waals surface area contributed by atoms with Crippen molar-refractivity contribution in [2.45, 2.75) is 57.6 Å². The SMILES string of the molecule is C[C@H]1C2=CNN(c3ccc(F)cc3)C2=CC2=C1[C@](O)(CCc1ccccc1CNC(=O)C1CC1)CC2. The molecule has 2 atom stereocenters. The zero-order valence-corrected chi connectivity index (χ0v) is 20.6. The molecule has 0 aromatic heterocycles. The predicted molar refractivity (Wildman–Crippen MR) is 138 cm³/mol. The van der Waals surface area contributed by atoms with Gasteiger partial charge in [0.1, 0.15) is 5.82 Å². The number of hydrazine groups is 1. The van der Waals surface area contributed by atoms with Gasteiger partial charge in [-0.25, -0.2) is 4.39 Å². The van der Waals surface area contributed by atoms with Crippen molar-refractivity contribution in [1.29, 1.82) is 0 Å². The molecule has 3 aliphatic carbocycles. The van der Waals surface area contributed by atoms with Gasteiger partial charge in [-0.3, -0.25) is 9.80 Å². The van der Waals surface area contributed by atoms with Crippen molar-refractivity contribution in [2.24, 2.45) is 11.8 Å². The molecule has 0 saturated heterocycles. The topological polar surface area (TPSA) is 64.6 Å². The summed E-state index contributed by atoms with van der Waals surface area (Å²) in [5.74, 6) is 0.181. The van der Waals surface area contributed by atoms with Crippen LogP contribution in [0.25, 0.3) is 0 Å². The van der Waals surface area contributed by atoms with Gasteiger partial charge in [0, 0.05) is 30.2 Å². The van der Waals surface area contributed by atoms with E-state index in [0.717, 1.165) is 53.8 Å². The number of rotatable bonds is 7. The minimum Gasteiger partial charge on any atom is -0.385 e. The fourth-order valence-corrected chi connectivity index (χ4v) is 6.01. The molecule has 1 fully saturated rings. The zero-order chi connectivity index (χ0) is 24.9. The number of hydrogen-bond acceptors (Lipinski definition) is 4. The number of aryl methyl sites for hydroxylation is 1. The van der Waals surface area contributed by atoms with E-state index in [1.165, 1.54) is 23.3 Å². The van der Waals surface area contributed by atoms with Crippen molar-refractivity contribution in [1.82, 2.24) is 10.7 Å². The van der Waals surface area contributed by atoms with E-state index in [0.29, 0.717) is 19.4 Å². The van der Waals surface area contributed by atoms with E-state index in [4.69, 9.17) is 0 Å². The molecule has 0 spiro atoms. The van der Waals surface area contributed by atoms with Crippen LogP contribution in [0, 0.1) is 17.7 Å². The molecule has 4 aliphatic rings. The molecule has 0 radical (unpaired) electrons. The highest BCUT2D eigenvalue weighted by molar-refractivity contribution is 5.80. The Labute approximate surface area is 211 Å². The molecule has 1 amide bonds. The Balaban J connectivity index is 1.20. The first-order valence-electron chi connectivity index (χ1n) is 13.0. The summed E-state index contributed by atoms with van der Waals surface area (Å²) in [6.07, 6.45) is 9.14. The van der Waals surface area contributed by atoms with Gasteiger partial charge in [-0.2, -0.15) is 0 Å². The maximum Gasteiger partial charge on any atom is 0.223 e. The molecular weight excluding hydrogens is 453 g/mol. The van der Waals surface area contributed by atoms with Crippen molar-refractivity contribution in [3.63, 3.8) is 0 Å². The molecule has 0 unspecified atom stereocenters. The van der Waals surface area contributed by atoms with Crippen LogP contribution in [-0.4, -0.2) is 16.6 Å². The van der Waals surface area contributed by atoms with E-state index < -0.39 is 5.60 Å². The van der Waals surface area contributed by atoms with Gasteiger partial charge < -0.3 is 15.8 Å². The lowest BCUT2D eigenvalue weighted by atomic mass is 9.76. The molecule has 2 aromatic rings. The number of fused-ring (bicyclic) bond motifs is 1. The molecule has 1 heterocycles. The summed E-state index contributed by atoms with van der Waals surface area (Å²) in [6, 6.07) is 14.7. The zero-order valence-electron chi connectivity index (χ0n) is 20.6. The lowest BCUT2D eigenvalue weighted by molar-refractivity contribution is -0.122. The minimum atomic E-state index is -0.856. The largest absolute Gasteiger partial charge is 0.385 e. The average molecular weight is 486 g/mol. The van der Waals surface area contributed by atoms with Crippen LogP contribution >= 0.6 is 0 Å². The molecule has 5 nitrogen and oxygen atoms in total. The average Bonchev–Trinajstić information content (AvgIpc) is 3.57. The van der Waals surface area contributed by atoms with Gasteiger partial charge in [-0.05, 0) is 91.1 Å². The maximum atomic E-state index is 13.4. The molecule has 6 rings (SSSR count). The summed E-state index contributed by atoms with van der Waals surface area (Å²) in [4.78, 5) is 12.1. The predicted octanol–water partition coefficient (Wildman–Crippen LogP) is 5.05. The summed E-state index contributed by atoms with van der Waals surface area (Å²) in [7, 11) is 0. The highest BCUT2D eigenvalue weighted by atomic mass is 19.1. The first-order chi connectivity index (χ1) is 17.4. The number of halogens is 1. The number of allylic oxidation sites excluding steroid dienone is 3. The molecule has 1 aliphatic heterocycles. The summed E-state index contributed by atoms with van der Waals surface area (Å²) in [5, 5.41) is 16.9. The number of anilines is 1. The first-order valence-corrected chi connectivity index (χ1v) is 13.0. The number of carbonyl (C=O) groups excluding carboxylic acids is 1. The van der Waals surface area contributed by atoms with E-state index >= 15 is 0 Å². The monoisotopic (exact) mass is 485 g/mol. The van der Waals surface area contributed by atoms with Gasteiger partial charge >= 0.3 is 0 Å². The van der Waals surface area contributed by atoms with Crippen LogP contribution < -0.4 is 15.8 Å². The molecule has 2 aromatic carbocycles. The molecular formula is C30H32FN3O2. The van der Waals surface area contributed by atoms with Crippen molar-refractivity contribution >= 4 is 11.6 Å². The van der Waals surface area contributed by atoms with Gasteiger partial charge in [0.25, 0.3) is 0 Å². The Morgan fingerprint density at radius 1 is 1.17 bits per heavy atom. The number of nitrogens with one attached hydrogen (secondary N) is 2. The molecule has 3 N–H and O–H groups in total. The number of hydrogen-bond donors (Lipinski definition) is 3. The summed E-state index contributed by atoms with van der Waals surface area (Å²) in [6.45, 7) is 2.71. The van der Waals surface area contributed by atoms with Crippen LogP contribution in [-0.2, 0) is 17.8 Å². The van der Waals surface area contributed by atoms with Crippen LogP contribution in [0.5, 0.6) is 0 Å². The van der Waals surface area contributed by atoms with Crippen LogP contribution in [0.3, 0.4) is 0 Å². The van der Waals surface area contributed by atoms with Gasteiger partial charge in [0.05, 0.1) is 17.0 Å². The summed E-state index contributed by atoms with van der Waals surface area (Å²) >= 11 is 0. The summed E-state index contributed by atoms with van der Waals surface area (Å²) in [5.41, 5.74) is 10.2. The number of aliphatic hydroxyl groups is 1. The number of benzene rings is 2. The molecule has 6 heteroatoms. The summed E-state index contributed by atoms with van der Waals surface area (Å²) < 4.78 is 13.4. The Kier molecular flexibility index (Phi) is 5.72. The highest BCUT2D eigenvalue weighted by Crippen LogP contribution is 2.51. The number of nitrogens with zero attached hydrogens (tertiary/aromatic N) is 1. The fraction of sp³-hybridized carbons (Fsp3) is 0.367. The van der Waals surface area contributed by atoms with Crippen LogP contribution in [0.4, 0.5) is 10.1 Å². The van der Waals surface area contributed by atoms with Gasteiger partial charge in [0.2, 0.25) is 5.91 Å². The van der Waals surface area contributed by atoms with Crippen LogP contribution in [0.2, 0.25) is 0 Å². The lowest BCUT2D eigenvalue weighted by Crippen LogP contribution is -2.34. The molecule has 186 valence electrons. The van der Waals surface area contributed by atoms with Crippen molar-refractivity contribution in [3.05, 3.63) is 100 Å².